The molecule has 0 fully saturated rings. The van der Waals surface area contributed by atoms with Crippen molar-refractivity contribution in [3.05, 3.63) is 53.6 Å². The van der Waals surface area contributed by atoms with Crippen LogP contribution in [0.5, 0.6) is 17.2 Å². The van der Waals surface area contributed by atoms with Crippen LogP contribution in [0.2, 0.25) is 0 Å². The minimum absolute atomic E-state index is 0.738. The zero-order valence-corrected chi connectivity index (χ0v) is 12.2. The number of rotatable bonds is 6. The van der Waals surface area contributed by atoms with Gasteiger partial charge in [-0.25, -0.2) is 0 Å². The van der Waals surface area contributed by atoms with E-state index in [-0.39, 0.29) is 0 Å². The Kier molecular flexibility index (Phi) is 4.88. The van der Waals surface area contributed by atoms with E-state index in [2.05, 4.69) is 24.3 Å². The van der Waals surface area contributed by atoms with Crippen molar-refractivity contribution >= 4 is 0 Å². The molecular formula is C17H20O3. The number of hydrogen-bond acceptors (Lipinski definition) is 3. The molecular weight excluding hydrogens is 252 g/mol. The zero-order chi connectivity index (χ0) is 14.4. The quantitative estimate of drug-likeness (QED) is 0.805. The lowest BCUT2D eigenvalue weighted by molar-refractivity contribution is 0.368. The van der Waals surface area contributed by atoms with Gasteiger partial charge in [-0.05, 0) is 18.4 Å². The van der Waals surface area contributed by atoms with Gasteiger partial charge in [0.1, 0.15) is 17.2 Å². The van der Waals surface area contributed by atoms with E-state index in [1.807, 2.05) is 18.2 Å². The first-order valence-corrected chi connectivity index (χ1v) is 6.61. The first kappa shape index (κ1) is 14.3. The second-order valence-corrected chi connectivity index (χ2v) is 4.50. The Labute approximate surface area is 120 Å². The molecule has 0 aliphatic rings. The summed E-state index contributed by atoms with van der Waals surface area (Å²) in [5.74, 6) is 2.34. The van der Waals surface area contributed by atoms with Crippen LogP contribution in [-0.2, 0) is 12.8 Å². The summed E-state index contributed by atoms with van der Waals surface area (Å²) >= 11 is 0. The molecule has 0 atom stereocenters. The molecule has 0 saturated heterocycles. The Hall–Kier alpha value is -2.16. The van der Waals surface area contributed by atoms with E-state index in [9.17, 15) is 0 Å². The Morgan fingerprint density at radius 1 is 0.750 bits per heavy atom. The average Bonchev–Trinajstić information content (AvgIpc) is 2.52. The van der Waals surface area contributed by atoms with Gasteiger partial charge in [-0.2, -0.15) is 0 Å². The van der Waals surface area contributed by atoms with E-state index >= 15 is 0 Å². The molecule has 0 N–H and O–H groups in total. The average molecular weight is 272 g/mol. The fraction of sp³-hybridized carbons (Fsp3) is 0.294. The maximum absolute atomic E-state index is 5.46. The molecule has 0 aromatic heterocycles. The lowest BCUT2D eigenvalue weighted by Crippen LogP contribution is -2.00. The molecule has 3 heteroatoms. The van der Waals surface area contributed by atoms with Crippen molar-refractivity contribution in [3.8, 4) is 17.2 Å². The Morgan fingerprint density at radius 3 is 1.85 bits per heavy atom. The van der Waals surface area contributed by atoms with Gasteiger partial charge < -0.3 is 14.2 Å². The molecule has 0 unspecified atom stereocenters. The molecule has 0 radical (unpaired) electrons. The SMILES string of the molecule is COc1cc(OC)c(CCc2ccccc2)c(OC)c1. The fourth-order valence-electron chi connectivity index (χ4n) is 2.24. The Morgan fingerprint density at radius 2 is 1.35 bits per heavy atom. The second-order valence-electron chi connectivity index (χ2n) is 4.50. The molecule has 20 heavy (non-hydrogen) atoms. The van der Waals surface area contributed by atoms with Gasteiger partial charge in [0, 0.05) is 17.7 Å². The number of ether oxygens (including phenoxy) is 3. The van der Waals surface area contributed by atoms with Crippen molar-refractivity contribution in [3.63, 3.8) is 0 Å². The van der Waals surface area contributed by atoms with Crippen LogP contribution in [0.1, 0.15) is 11.1 Å². The maximum Gasteiger partial charge on any atom is 0.129 e. The topological polar surface area (TPSA) is 27.7 Å². The van der Waals surface area contributed by atoms with Crippen molar-refractivity contribution in [2.24, 2.45) is 0 Å². The van der Waals surface area contributed by atoms with Gasteiger partial charge >= 0.3 is 0 Å². The minimum Gasteiger partial charge on any atom is -0.496 e. The molecule has 0 aliphatic heterocycles. The van der Waals surface area contributed by atoms with E-state index in [4.69, 9.17) is 14.2 Å². The summed E-state index contributed by atoms with van der Waals surface area (Å²) in [5.41, 5.74) is 2.37. The summed E-state index contributed by atoms with van der Waals surface area (Å²) in [4.78, 5) is 0. The number of hydrogen-bond donors (Lipinski definition) is 0. The first-order chi connectivity index (χ1) is 9.78. The third-order valence-corrected chi connectivity index (χ3v) is 3.32. The summed E-state index contributed by atoms with van der Waals surface area (Å²) in [6.45, 7) is 0. The molecule has 0 aliphatic carbocycles. The first-order valence-electron chi connectivity index (χ1n) is 6.61. The van der Waals surface area contributed by atoms with Crippen LogP contribution in [0.4, 0.5) is 0 Å². The van der Waals surface area contributed by atoms with E-state index in [0.29, 0.717) is 0 Å². The molecule has 0 spiro atoms. The highest BCUT2D eigenvalue weighted by molar-refractivity contribution is 5.51. The molecule has 2 rings (SSSR count). The summed E-state index contributed by atoms with van der Waals surface area (Å²) in [6, 6.07) is 14.2. The molecule has 0 amide bonds. The minimum atomic E-state index is 0.738. The summed E-state index contributed by atoms with van der Waals surface area (Å²) < 4.78 is 16.2. The van der Waals surface area contributed by atoms with Gasteiger partial charge in [0.05, 0.1) is 21.3 Å². The van der Waals surface area contributed by atoms with Crippen molar-refractivity contribution in [2.45, 2.75) is 12.8 Å². The second kappa shape index (κ2) is 6.85. The summed E-state index contributed by atoms with van der Waals surface area (Å²) in [5, 5.41) is 0. The van der Waals surface area contributed by atoms with E-state index in [0.717, 1.165) is 35.7 Å². The lowest BCUT2D eigenvalue weighted by atomic mass is 10.0. The van der Waals surface area contributed by atoms with Gasteiger partial charge in [0.15, 0.2) is 0 Å². The van der Waals surface area contributed by atoms with Gasteiger partial charge in [0.2, 0.25) is 0 Å². The van der Waals surface area contributed by atoms with Crippen LogP contribution in [-0.4, -0.2) is 21.3 Å². The number of aryl methyl sites for hydroxylation is 1. The van der Waals surface area contributed by atoms with Gasteiger partial charge in [0.25, 0.3) is 0 Å². The van der Waals surface area contributed by atoms with Gasteiger partial charge in [-0.1, -0.05) is 30.3 Å². The van der Waals surface area contributed by atoms with Crippen molar-refractivity contribution in [2.75, 3.05) is 21.3 Å². The highest BCUT2D eigenvalue weighted by Crippen LogP contribution is 2.34. The third kappa shape index (κ3) is 3.23. The molecule has 106 valence electrons. The number of benzene rings is 2. The molecule has 0 bridgehead atoms. The predicted octanol–water partition coefficient (Wildman–Crippen LogP) is 3.50. The Balaban J connectivity index is 2.25. The van der Waals surface area contributed by atoms with Crippen LogP contribution < -0.4 is 14.2 Å². The van der Waals surface area contributed by atoms with E-state index < -0.39 is 0 Å². The zero-order valence-electron chi connectivity index (χ0n) is 12.2. The predicted molar refractivity (Wildman–Crippen MR) is 79.9 cm³/mol. The summed E-state index contributed by atoms with van der Waals surface area (Å²) in [6.07, 6.45) is 1.81. The third-order valence-electron chi connectivity index (χ3n) is 3.32. The molecule has 0 heterocycles. The maximum atomic E-state index is 5.46. The van der Waals surface area contributed by atoms with Crippen LogP contribution in [0.3, 0.4) is 0 Å². The molecule has 3 nitrogen and oxygen atoms in total. The fourth-order valence-corrected chi connectivity index (χ4v) is 2.24. The largest absolute Gasteiger partial charge is 0.496 e. The molecule has 2 aromatic carbocycles. The van der Waals surface area contributed by atoms with Gasteiger partial charge in [-0.15, -0.1) is 0 Å². The normalized spacial score (nSPS) is 10.2. The van der Waals surface area contributed by atoms with Crippen molar-refractivity contribution < 1.29 is 14.2 Å². The van der Waals surface area contributed by atoms with Crippen LogP contribution >= 0.6 is 0 Å². The Bertz CT molecular complexity index is 524. The van der Waals surface area contributed by atoms with E-state index in [1.54, 1.807) is 21.3 Å². The highest BCUT2D eigenvalue weighted by atomic mass is 16.5. The standard InChI is InChI=1S/C17H20O3/c1-18-14-11-16(19-2)15(17(12-14)20-3)10-9-13-7-5-4-6-8-13/h4-8,11-12H,9-10H2,1-3H3. The highest BCUT2D eigenvalue weighted by Gasteiger charge is 2.13. The lowest BCUT2D eigenvalue weighted by Gasteiger charge is -2.15. The van der Waals surface area contributed by atoms with Crippen molar-refractivity contribution in [1.29, 1.82) is 0 Å². The van der Waals surface area contributed by atoms with Gasteiger partial charge in [-0.3, -0.25) is 0 Å². The number of methoxy groups -OCH3 is 3. The van der Waals surface area contributed by atoms with Crippen molar-refractivity contribution in [1.82, 2.24) is 0 Å². The van der Waals surface area contributed by atoms with Crippen LogP contribution in [0, 0.1) is 0 Å². The molecule has 0 saturated carbocycles. The van der Waals surface area contributed by atoms with E-state index in [1.165, 1.54) is 5.56 Å². The molecule has 2 aromatic rings. The monoisotopic (exact) mass is 272 g/mol. The van der Waals surface area contributed by atoms with Crippen LogP contribution in [0.25, 0.3) is 0 Å². The van der Waals surface area contributed by atoms with Crippen LogP contribution in [0.15, 0.2) is 42.5 Å². The summed E-state index contributed by atoms with van der Waals surface area (Å²) in [7, 11) is 4.97. The smallest absolute Gasteiger partial charge is 0.129 e.